The van der Waals surface area contributed by atoms with Crippen LogP contribution >= 0.6 is 0 Å². The van der Waals surface area contributed by atoms with E-state index >= 15 is 0 Å². The first-order valence-corrected chi connectivity index (χ1v) is 9.21. The summed E-state index contributed by atoms with van der Waals surface area (Å²) < 4.78 is 19.4. The van der Waals surface area contributed by atoms with Crippen LogP contribution in [0.25, 0.3) is 0 Å². The number of carbonyl (C=O) groups is 1. The molecule has 0 radical (unpaired) electrons. The van der Waals surface area contributed by atoms with Crippen molar-refractivity contribution in [3.63, 3.8) is 0 Å². The van der Waals surface area contributed by atoms with Gasteiger partial charge in [0.1, 0.15) is 5.82 Å². The van der Waals surface area contributed by atoms with E-state index in [2.05, 4.69) is 0 Å². The number of aliphatic hydroxyl groups excluding tert-OH is 1. The van der Waals surface area contributed by atoms with Crippen LogP contribution in [0.15, 0.2) is 24.3 Å². The second kappa shape index (κ2) is 7.42. The van der Waals surface area contributed by atoms with E-state index in [0.29, 0.717) is 38.1 Å². The van der Waals surface area contributed by atoms with E-state index in [-0.39, 0.29) is 23.7 Å². The number of methoxy groups -OCH3 is 1. The molecule has 1 aromatic carbocycles. The molecular formula is C20H28FNO3. The van der Waals surface area contributed by atoms with Crippen molar-refractivity contribution in [1.82, 2.24) is 4.90 Å². The minimum absolute atomic E-state index is 0.0295. The van der Waals surface area contributed by atoms with Gasteiger partial charge < -0.3 is 14.7 Å². The lowest BCUT2D eigenvalue weighted by molar-refractivity contribution is -0.138. The highest BCUT2D eigenvalue weighted by atomic mass is 19.1. The Labute approximate surface area is 149 Å². The summed E-state index contributed by atoms with van der Waals surface area (Å²) in [6.07, 6.45) is 4.93. The van der Waals surface area contributed by atoms with Crippen LogP contribution in [0.5, 0.6) is 0 Å². The van der Waals surface area contributed by atoms with Crippen molar-refractivity contribution < 1.29 is 19.0 Å². The zero-order valence-corrected chi connectivity index (χ0v) is 15.0. The van der Waals surface area contributed by atoms with Gasteiger partial charge in [-0.3, -0.25) is 4.79 Å². The third-order valence-electron chi connectivity index (χ3n) is 5.89. The summed E-state index contributed by atoms with van der Waals surface area (Å²) in [5.41, 5.74) is -0.409. The number of benzene rings is 1. The van der Waals surface area contributed by atoms with Gasteiger partial charge in [-0.1, -0.05) is 18.2 Å². The van der Waals surface area contributed by atoms with Gasteiger partial charge in [0.25, 0.3) is 0 Å². The molecule has 2 fully saturated rings. The van der Waals surface area contributed by atoms with Crippen molar-refractivity contribution >= 4 is 5.91 Å². The first kappa shape index (κ1) is 18.3. The van der Waals surface area contributed by atoms with E-state index < -0.39 is 5.41 Å². The second-order valence-corrected chi connectivity index (χ2v) is 7.65. The van der Waals surface area contributed by atoms with E-state index in [1.54, 1.807) is 25.3 Å². The molecule has 25 heavy (non-hydrogen) atoms. The van der Waals surface area contributed by atoms with E-state index in [9.17, 15) is 14.3 Å². The number of halogens is 1. The molecule has 1 saturated heterocycles. The largest absolute Gasteiger partial charge is 0.396 e. The lowest BCUT2D eigenvalue weighted by Crippen LogP contribution is -2.51. The molecule has 4 nitrogen and oxygen atoms in total. The molecule has 1 atom stereocenters. The van der Waals surface area contributed by atoms with Gasteiger partial charge in [-0.15, -0.1) is 0 Å². The van der Waals surface area contributed by atoms with E-state index in [0.717, 1.165) is 25.7 Å². The third kappa shape index (κ3) is 3.58. The fraction of sp³-hybridized carbons (Fsp3) is 0.650. The van der Waals surface area contributed by atoms with Crippen LogP contribution < -0.4 is 0 Å². The molecule has 2 aliphatic rings. The molecule has 5 heteroatoms. The van der Waals surface area contributed by atoms with Gasteiger partial charge in [0, 0.05) is 37.8 Å². The summed E-state index contributed by atoms with van der Waals surface area (Å²) in [5, 5.41) is 9.98. The van der Waals surface area contributed by atoms with Crippen LogP contribution in [0.4, 0.5) is 4.39 Å². The number of amides is 1. The molecule has 138 valence electrons. The number of carbonyl (C=O) groups excluding carboxylic acids is 1. The van der Waals surface area contributed by atoms with Crippen molar-refractivity contribution in [3.8, 4) is 0 Å². The predicted molar refractivity (Wildman–Crippen MR) is 93.8 cm³/mol. The Hall–Kier alpha value is -1.46. The summed E-state index contributed by atoms with van der Waals surface area (Å²) in [4.78, 5) is 15.1. The van der Waals surface area contributed by atoms with Crippen molar-refractivity contribution in [2.45, 2.75) is 43.9 Å². The smallest absolute Gasteiger partial charge is 0.233 e. The number of hydrogen-bond donors (Lipinski definition) is 1. The first-order chi connectivity index (χ1) is 12.1. The highest BCUT2D eigenvalue weighted by Crippen LogP contribution is 2.51. The van der Waals surface area contributed by atoms with Crippen LogP contribution in [-0.2, 0) is 14.9 Å². The normalized spacial score (nSPS) is 25.0. The standard InChI is InChI=1S/C20H28FNO3/c1-25-13-5-9-19(15-23)8-4-12-22(14-19)18(24)20(10-11-20)16-6-2-3-7-17(16)21/h2-3,6-7,23H,4-5,8-15H2,1H3/t19-/m1/s1. The van der Waals surface area contributed by atoms with E-state index in [1.165, 1.54) is 6.07 Å². The third-order valence-corrected chi connectivity index (χ3v) is 5.89. The van der Waals surface area contributed by atoms with Crippen molar-refractivity contribution in [2.24, 2.45) is 5.41 Å². The van der Waals surface area contributed by atoms with Crippen molar-refractivity contribution in [1.29, 1.82) is 0 Å². The number of nitrogens with zero attached hydrogens (tertiary/aromatic N) is 1. The summed E-state index contributed by atoms with van der Waals surface area (Å²) in [7, 11) is 1.67. The molecule has 0 unspecified atom stereocenters. The van der Waals surface area contributed by atoms with Crippen LogP contribution in [0.1, 0.15) is 44.1 Å². The molecule has 1 amide bonds. The Bertz CT molecular complexity index is 617. The lowest BCUT2D eigenvalue weighted by atomic mass is 9.76. The maximum Gasteiger partial charge on any atom is 0.233 e. The zero-order chi connectivity index (χ0) is 17.9. The van der Waals surface area contributed by atoms with Gasteiger partial charge in [-0.25, -0.2) is 4.39 Å². The highest BCUT2D eigenvalue weighted by Gasteiger charge is 2.55. The van der Waals surface area contributed by atoms with Gasteiger partial charge >= 0.3 is 0 Å². The molecule has 0 bridgehead atoms. The first-order valence-electron chi connectivity index (χ1n) is 9.21. The zero-order valence-electron chi connectivity index (χ0n) is 15.0. The lowest BCUT2D eigenvalue weighted by Gasteiger charge is -2.43. The summed E-state index contributed by atoms with van der Waals surface area (Å²) in [5.74, 6) is -0.263. The van der Waals surface area contributed by atoms with Gasteiger partial charge in [-0.05, 0) is 44.6 Å². The van der Waals surface area contributed by atoms with Crippen LogP contribution in [-0.4, -0.2) is 49.3 Å². The molecule has 1 saturated carbocycles. The van der Waals surface area contributed by atoms with Crippen molar-refractivity contribution in [3.05, 3.63) is 35.6 Å². The fourth-order valence-electron chi connectivity index (χ4n) is 4.26. The molecule has 0 spiro atoms. The Kier molecular flexibility index (Phi) is 5.44. The number of likely N-dealkylation sites (tertiary alicyclic amines) is 1. The Morgan fingerprint density at radius 1 is 1.32 bits per heavy atom. The van der Waals surface area contributed by atoms with Gasteiger partial charge in [0.15, 0.2) is 0 Å². The minimum Gasteiger partial charge on any atom is -0.396 e. The second-order valence-electron chi connectivity index (χ2n) is 7.65. The van der Waals surface area contributed by atoms with Crippen LogP contribution in [0.3, 0.4) is 0 Å². The molecule has 1 aromatic rings. The van der Waals surface area contributed by atoms with E-state index in [4.69, 9.17) is 4.74 Å². The number of aliphatic hydroxyl groups is 1. The quantitative estimate of drug-likeness (QED) is 0.770. The highest BCUT2D eigenvalue weighted by molar-refractivity contribution is 5.91. The van der Waals surface area contributed by atoms with Gasteiger partial charge in [0.05, 0.1) is 12.0 Å². The fourth-order valence-corrected chi connectivity index (χ4v) is 4.26. The maximum atomic E-state index is 14.3. The van der Waals surface area contributed by atoms with Crippen LogP contribution in [0, 0.1) is 11.2 Å². The topological polar surface area (TPSA) is 49.8 Å². The summed E-state index contributed by atoms with van der Waals surface area (Å²) >= 11 is 0. The SMILES string of the molecule is COCCC[C@]1(CO)CCCN(C(=O)C2(c3ccccc3F)CC2)C1. The average molecular weight is 349 g/mol. The number of ether oxygens (including phenoxy) is 1. The maximum absolute atomic E-state index is 14.3. The number of hydrogen-bond acceptors (Lipinski definition) is 3. The van der Waals surface area contributed by atoms with Crippen LogP contribution in [0.2, 0.25) is 0 Å². The van der Waals surface area contributed by atoms with Gasteiger partial charge in [0.2, 0.25) is 5.91 Å². The number of rotatable bonds is 7. The molecule has 1 aliphatic heterocycles. The Morgan fingerprint density at radius 2 is 2.08 bits per heavy atom. The molecule has 0 aromatic heterocycles. The molecule has 1 aliphatic carbocycles. The average Bonchev–Trinajstić information content (AvgIpc) is 3.43. The predicted octanol–water partition coefficient (Wildman–Crippen LogP) is 2.89. The van der Waals surface area contributed by atoms with E-state index in [1.807, 2.05) is 4.90 Å². The monoisotopic (exact) mass is 349 g/mol. The van der Waals surface area contributed by atoms with Crippen molar-refractivity contribution in [2.75, 3.05) is 33.4 Å². The van der Waals surface area contributed by atoms with Gasteiger partial charge in [-0.2, -0.15) is 0 Å². The minimum atomic E-state index is -0.684. The molecular weight excluding hydrogens is 321 g/mol. The molecule has 3 rings (SSSR count). The number of piperidine rings is 1. The molecule has 1 N–H and O–H groups in total. The summed E-state index contributed by atoms with van der Waals surface area (Å²) in [6, 6.07) is 6.63. The summed E-state index contributed by atoms with van der Waals surface area (Å²) in [6.45, 7) is 1.99. The Balaban J connectivity index is 1.75. The molecule has 1 heterocycles. The Morgan fingerprint density at radius 3 is 2.72 bits per heavy atom.